The molecule has 6 nitrogen and oxygen atoms in total. The van der Waals surface area contributed by atoms with Crippen LogP contribution in [0, 0.1) is 0 Å². The van der Waals surface area contributed by atoms with Crippen LogP contribution in [-0.4, -0.2) is 50.2 Å². The second-order valence-corrected chi connectivity index (χ2v) is 8.91. The van der Waals surface area contributed by atoms with E-state index in [1.54, 1.807) is 6.07 Å². The molecule has 0 heterocycles. The summed E-state index contributed by atoms with van der Waals surface area (Å²) in [6, 6.07) is 13.4. The van der Waals surface area contributed by atoms with Crippen LogP contribution in [0.2, 0.25) is 5.02 Å². The lowest BCUT2D eigenvalue weighted by molar-refractivity contribution is -0.116. The predicted octanol–water partition coefficient (Wildman–Crippen LogP) is 3.44. The second-order valence-electron chi connectivity index (χ2n) is 6.42. The van der Waals surface area contributed by atoms with Gasteiger partial charge in [-0.15, -0.1) is 0 Å². The molecule has 152 valence electrons. The second kappa shape index (κ2) is 10.0. The third-order valence-electron chi connectivity index (χ3n) is 4.40. The molecule has 0 spiro atoms. The van der Waals surface area contributed by atoms with E-state index in [4.69, 9.17) is 11.6 Å². The number of nitrogens with one attached hydrogen (secondary N) is 1. The Morgan fingerprint density at radius 2 is 1.71 bits per heavy atom. The lowest BCUT2D eigenvalue weighted by Gasteiger charge is -2.19. The molecule has 0 saturated carbocycles. The van der Waals surface area contributed by atoms with E-state index in [2.05, 4.69) is 24.1 Å². The van der Waals surface area contributed by atoms with Crippen molar-refractivity contribution in [3.63, 3.8) is 0 Å². The summed E-state index contributed by atoms with van der Waals surface area (Å²) in [6.07, 6.45) is 0. The summed E-state index contributed by atoms with van der Waals surface area (Å²) >= 11 is 5.80. The van der Waals surface area contributed by atoms with Crippen molar-refractivity contribution in [3.05, 3.63) is 59.1 Å². The molecule has 0 aromatic heterocycles. The Hall–Kier alpha value is -1.93. The van der Waals surface area contributed by atoms with Crippen LogP contribution in [-0.2, 0) is 21.4 Å². The molecule has 28 heavy (non-hydrogen) atoms. The standard InChI is InChI=1S/C20H26ClN3O3S/c1-4-24(5-2)14-16-7-6-8-18(13-16)22-20(25)15-23(3)28(26,27)19-11-9-17(21)10-12-19/h6-13H,4-5,14-15H2,1-3H3,(H,22,25). The first kappa shape index (κ1) is 22.4. The Morgan fingerprint density at radius 3 is 2.32 bits per heavy atom. The van der Waals surface area contributed by atoms with E-state index in [0.29, 0.717) is 10.7 Å². The summed E-state index contributed by atoms with van der Waals surface area (Å²) in [6.45, 7) is 6.60. The molecule has 0 unspecified atom stereocenters. The Morgan fingerprint density at radius 1 is 1.07 bits per heavy atom. The van der Waals surface area contributed by atoms with Gasteiger partial charge in [0.15, 0.2) is 0 Å². The first-order chi connectivity index (χ1) is 13.3. The number of benzene rings is 2. The smallest absolute Gasteiger partial charge is 0.243 e. The number of hydrogen-bond acceptors (Lipinski definition) is 4. The number of anilines is 1. The van der Waals surface area contributed by atoms with E-state index in [9.17, 15) is 13.2 Å². The van der Waals surface area contributed by atoms with Crippen molar-refractivity contribution >= 4 is 33.2 Å². The lowest BCUT2D eigenvalue weighted by Crippen LogP contribution is -2.35. The minimum atomic E-state index is -3.77. The van der Waals surface area contributed by atoms with Crippen molar-refractivity contribution in [1.82, 2.24) is 9.21 Å². The quantitative estimate of drug-likeness (QED) is 0.670. The van der Waals surface area contributed by atoms with E-state index in [1.807, 2.05) is 18.2 Å². The van der Waals surface area contributed by atoms with Gasteiger partial charge < -0.3 is 5.32 Å². The van der Waals surface area contributed by atoms with Gasteiger partial charge in [0.25, 0.3) is 0 Å². The van der Waals surface area contributed by atoms with E-state index in [-0.39, 0.29) is 11.4 Å². The molecular weight excluding hydrogens is 398 g/mol. The largest absolute Gasteiger partial charge is 0.325 e. The number of amides is 1. The number of nitrogens with zero attached hydrogens (tertiary/aromatic N) is 2. The number of likely N-dealkylation sites (N-methyl/N-ethyl adjacent to an activating group) is 1. The first-order valence-electron chi connectivity index (χ1n) is 9.09. The number of halogens is 1. The minimum Gasteiger partial charge on any atom is -0.325 e. The zero-order valence-electron chi connectivity index (χ0n) is 16.4. The molecule has 1 N–H and O–H groups in total. The van der Waals surface area contributed by atoms with Gasteiger partial charge in [-0.25, -0.2) is 8.42 Å². The third kappa shape index (κ3) is 6.04. The molecule has 8 heteroatoms. The molecule has 0 aliphatic carbocycles. The summed E-state index contributed by atoms with van der Waals surface area (Å²) in [5.41, 5.74) is 1.73. The molecule has 2 aromatic carbocycles. The fraction of sp³-hybridized carbons (Fsp3) is 0.350. The number of rotatable bonds is 9. The zero-order chi connectivity index (χ0) is 20.7. The highest BCUT2D eigenvalue weighted by Crippen LogP contribution is 2.18. The Balaban J connectivity index is 2.02. The van der Waals surface area contributed by atoms with E-state index < -0.39 is 15.9 Å². The van der Waals surface area contributed by atoms with Gasteiger partial charge >= 0.3 is 0 Å². The predicted molar refractivity (Wildman–Crippen MR) is 113 cm³/mol. The first-order valence-corrected chi connectivity index (χ1v) is 10.9. The van der Waals surface area contributed by atoms with Gasteiger partial charge in [0.2, 0.25) is 15.9 Å². The van der Waals surface area contributed by atoms with Crippen LogP contribution in [0.25, 0.3) is 0 Å². The van der Waals surface area contributed by atoms with Crippen molar-refractivity contribution in [2.24, 2.45) is 0 Å². The van der Waals surface area contributed by atoms with Gasteiger partial charge in [0.05, 0.1) is 11.4 Å². The summed E-state index contributed by atoms with van der Waals surface area (Å²) < 4.78 is 26.2. The van der Waals surface area contributed by atoms with Crippen LogP contribution in [0.15, 0.2) is 53.4 Å². The SMILES string of the molecule is CCN(CC)Cc1cccc(NC(=O)CN(C)S(=O)(=O)c2ccc(Cl)cc2)c1. The fourth-order valence-electron chi connectivity index (χ4n) is 2.73. The molecule has 0 fully saturated rings. The van der Waals surface area contributed by atoms with Crippen molar-refractivity contribution < 1.29 is 13.2 Å². The summed E-state index contributed by atoms with van der Waals surface area (Å²) in [5, 5.41) is 3.22. The fourth-order valence-corrected chi connectivity index (χ4v) is 3.98. The molecule has 1 amide bonds. The van der Waals surface area contributed by atoms with Gasteiger partial charge in [-0.05, 0) is 55.1 Å². The van der Waals surface area contributed by atoms with Crippen LogP contribution in [0.1, 0.15) is 19.4 Å². The zero-order valence-corrected chi connectivity index (χ0v) is 17.9. The Kier molecular flexibility index (Phi) is 8.00. The highest BCUT2D eigenvalue weighted by atomic mass is 35.5. The van der Waals surface area contributed by atoms with Crippen molar-refractivity contribution in [3.8, 4) is 0 Å². The Labute approximate surface area is 172 Å². The van der Waals surface area contributed by atoms with Gasteiger partial charge in [-0.1, -0.05) is 37.6 Å². The van der Waals surface area contributed by atoms with E-state index in [0.717, 1.165) is 29.5 Å². The molecule has 0 radical (unpaired) electrons. The summed E-state index contributed by atoms with van der Waals surface area (Å²) in [4.78, 5) is 14.7. The van der Waals surface area contributed by atoms with E-state index >= 15 is 0 Å². The van der Waals surface area contributed by atoms with Crippen LogP contribution in [0.4, 0.5) is 5.69 Å². The average Bonchev–Trinajstić information content (AvgIpc) is 2.66. The maximum Gasteiger partial charge on any atom is 0.243 e. The van der Waals surface area contributed by atoms with Gasteiger partial charge in [0, 0.05) is 24.3 Å². The Bertz CT molecular complexity index is 897. The molecule has 0 bridgehead atoms. The molecule has 2 aromatic rings. The van der Waals surface area contributed by atoms with Crippen LogP contribution >= 0.6 is 11.6 Å². The monoisotopic (exact) mass is 423 g/mol. The summed E-state index contributed by atoms with van der Waals surface area (Å²) in [5.74, 6) is -0.403. The number of carbonyl (C=O) groups excluding carboxylic acids is 1. The van der Waals surface area contributed by atoms with Gasteiger partial charge in [-0.2, -0.15) is 4.31 Å². The maximum atomic E-state index is 12.6. The number of sulfonamides is 1. The van der Waals surface area contributed by atoms with Crippen LogP contribution in [0.5, 0.6) is 0 Å². The maximum absolute atomic E-state index is 12.6. The summed E-state index contributed by atoms with van der Waals surface area (Å²) in [7, 11) is -2.39. The molecule has 0 atom stereocenters. The third-order valence-corrected chi connectivity index (χ3v) is 6.47. The number of carbonyl (C=O) groups is 1. The molecule has 0 aliphatic heterocycles. The minimum absolute atomic E-state index is 0.0911. The highest BCUT2D eigenvalue weighted by Gasteiger charge is 2.23. The van der Waals surface area contributed by atoms with Crippen molar-refractivity contribution in [2.45, 2.75) is 25.3 Å². The number of hydrogen-bond donors (Lipinski definition) is 1. The molecular formula is C20H26ClN3O3S. The topological polar surface area (TPSA) is 69.7 Å². The molecule has 0 saturated heterocycles. The van der Waals surface area contributed by atoms with Crippen molar-refractivity contribution in [1.29, 1.82) is 0 Å². The van der Waals surface area contributed by atoms with Crippen molar-refractivity contribution in [2.75, 3.05) is 32.0 Å². The van der Waals surface area contributed by atoms with E-state index in [1.165, 1.54) is 31.3 Å². The molecule has 0 aliphatic rings. The molecule has 2 rings (SSSR count). The lowest BCUT2D eigenvalue weighted by atomic mass is 10.2. The highest BCUT2D eigenvalue weighted by molar-refractivity contribution is 7.89. The normalized spacial score (nSPS) is 11.8. The van der Waals surface area contributed by atoms with Gasteiger partial charge in [0.1, 0.15) is 0 Å². The van der Waals surface area contributed by atoms with Gasteiger partial charge in [-0.3, -0.25) is 9.69 Å². The average molecular weight is 424 g/mol. The van der Waals surface area contributed by atoms with Crippen LogP contribution < -0.4 is 5.32 Å². The van der Waals surface area contributed by atoms with Crippen LogP contribution in [0.3, 0.4) is 0 Å².